The molecule has 31 heavy (non-hydrogen) atoms. The van der Waals surface area contributed by atoms with E-state index in [2.05, 4.69) is 31.8 Å². The Hall–Kier alpha value is -2.43. The highest BCUT2D eigenvalue weighted by Gasteiger charge is 2.37. The molecule has 164 valence electrons. The molecule has 0 bridgehead atoms. The normalized spacial score (nSPS) is 20.9. The standard InChI is InChI=1S/C20H20ClF3N6O/c1-12-11-31-6-5-29(12)15-9-28(10-15)17-16-8-25-30(18(16)27-19(21)26-17)14-4-2-3-13(7-14)20(22,23)24/h2-4,7-8,12,15H,5-6,9-11H2,1H3/t12-/m1/s1. The van der Waals surface area contributed by atoms with Crippen molar-refractivity contribution < 1.29 is 17.9 Å². The fourth-order valence-electron chi connectivity index (χ4n) is 4.23. The van der Waals surface area contributed by atoms with E-state index in [1.54, 1.807) is 12.3 Å². The van der Waals surface area contributed by atoms with Gasteiger partial charge in [0.15, 0.2) is 5.65 Å². The first kappa shape index (κ1) is 20.5. The van der Waals surface area contributed by atoms with Crippen LogP contribution in [0.15, 0.2) is 30.5 Å². The summed E-state index contributed by atoms with van der Waals surface area (Å²) in [6.07, 6.45) is -2.87. The highest BCUT2D eigenvalue weighted by atomic mass is 35.5. The van der Waals surface area contributed by atoms with Gasteiger partial charge < -0.3 is 9.64 Å². The van der Waals surface area contributed by atoms with Crippen molar-refractivity contribution in [2.45, 2.75) is 25.2 Å². The lowest BCUT2D eigenvalue weighted by atomic mass is 10.0. The molecule has 11 heteroatoms. The Morgan fingerprint density at radius 2 is 2.00 bits per heavy atom. The number of nitrogens with zero attached hydrogens (tertiary/aromatic N) is 6. The van der Waals surface area contributed by atoms with Crippen LogP contribution in [0.2, 0.25) is 5.28 Å². The molecule has 0 radical (unpaired) electrons. The van der Waals surface area contributed by atoms with Crippen molar-refractivity contribution in [3.05, 3.63) is 41.3 Å². The molecule has 0 spiro atoms. The summed E-state index contributed by atoms with van der Waals surface area (Å²) in [6.45, 7) is 6.06. The second-order valence-electron chi connectivity index (χ2n) is 7.88. The van der Waals surface area contributed by atoms with Gasteiger partial charge in [-0.1, -0.05) is 6.07 Å². The number of aromatic nitrogens is 4. The van der Waals surface area contributed by atoms with E-state index in [0.29, 0.717) is 28.9 Å². The third-order valence-electron chi connectivity index (χ3n) is 5.85. The Labute approximate surface area is 181 Å². The minimum Gasteiger partial charge on any atom is -0.379 e. The van der Waals surface area contributed by atoms with Gasteiger partial charge in [0, 0.05) is 31.7 Å². The van der Waals surface area contributed by atoms with E-state index in [1.807, 2.05) is 0 Å². The first-order valence-electron chi connectivity index (χ1n) is 9.98. The van der Waals surface area contributed by atoms with Crippen LogP contribution in [0.25, 0.3) is 16.7 Å². The van der Waals surface area contributed by atoms with Gasteiger partial charge in [-0.25, -0.2) is 4.68 Å². The number of anilines is 1. The summed E-state index contributed by atoms with van der Waals surface area (Å²) >= 11 is 6.18. The molecule has 0 amide bonds. The van der Waals surface area contributed by atoms with Gasteiger partial charge in [0.05, 0.1) is 36.0 Å². The number of alkyl halides is 3. The average molecular weight is 453 g/mol. The zero-order valence-electron chi connectivity index (χ0n) is 16.7. The molecule has 1 atom stereocenters. The third kappa shape index (κ3) is 3.72. The van der Waals surface area contributed by atoms with Crippen LogP contribution in [0.4, 0.5) is 19.0 Å². The number of morpholine rings is 1. The summed E-state index contributed by atoms with van der Waals surface area (Å²) in [5.74, 6) is 0.644. The van der Waals surface area contributed by atoms with Gasteiger partial charge >= 0.3 is 6.18 Å². The molecule has 2 aromatic heterocycles. The van der Waals surface area contributed by atoms with Gasteiger partial charge in [-0.3, -0.25) is 4.90 Å². The minimum atomic E-state index is -4.44. The van der Waals surface area contributed by atoms with Crippen LogP contribution >= 0.6 is 11.6 Å². The molecule has 0 N–H and O–H groups in total. The Morgan fingerprint density at radius 3 is 2.74 bits per heavy atom. The molecule has 2 fully saturated rings. The molecule has 5 rings (SSSR count). The summed E-state index contributed by atoms with van der Waals surface area (Å²) in [6, 6.07) is 5.71. The minimum absolute atomic E-state index is 0.0272. The van der Waals surface area contributed by atoms with E-state index >= 15 is 0 Å². The largest absolute Gasteiger partial charge is 0.416 e. The van der Waals surface area contributed by atoms with Crippen LogP contribution in [0.5, 0.6) is 0 Å². The molecule has 4 heterocycles. The van der Waals surface area contributed by atoms with E-state index in [4.69, 9.17) is 16.3 Å². The molecule has 0 saturated carbocycles. The first-order chi connectivity index (χ1) is 14.8. The van der Waals surface area contributed by atoms with Crippen molar-refractivity contribution in [1.82, 2.24) is 24.6 Å². The summed E-state index contributed by atoms with van der Waals surface area (Å²) in [7, 11) is 0. The van der Waals surface area contributed by atoms with Crippen molar-refractivity contribution in [2.24, 2.45) is 0 Å². The Balaban J connectivity index is 1.45. The fraction of sp³-hybridized carbons (Fsp3) is 0.450. The Morgan fingerprint density at radius 1 is 1.19 bits per heavy atom. The predicted octanol–water partition coefficient (Wildman–Crippen LogP) is 3.40. The van der Waals surface area contributed by atoms with Crippen molar-refractivity contribution in [3.63, 3.8) is 0 Å². The van der Waals surface area contributed by atoms with Crippen molar-refractivity contribution >= 4 is 28.5 Å². The zero-order chi connectivity index (χ0) is 21.8. The summed E-state index contributed by atoms with van der Waals surface area (Å²) in [5, 5.41) is 4.96. The molecule has 2 saturated heterocycles. The quantitative estimate of drug-likeness (QED) is 0.568. The molecule has 3 aromatic rings. The third-order valence-corrected chi connectivity index (χ3v) is 6.02. The van der Waals surface area contributed by atoms with E-state index < -0.39 is 11.7 Å². The topological polar surface area (TPSA) is 59.3 Å². The first-order valence-corrected chi connectivity index (χ1v) is 10.4. The summed E-state index contributed by atoms with van der Waals surface area (Å²) in [4.78, 5) is 13.2. The van der Waals surface area contributed by atoms with Crippen LogP contribution in [0.1, 0.15) is 12.5 Å². The lowest BCUT2D eigenvalue weighted by Gasteiger charge is -2.49. The SMILES string of the molecule is C[C@@H]1COCCN1C1CN(c2nc(Cl)nc3c2cnn3-c2cccc(C(F)(F)F)c2)C1. The number of hydrogen-bond acceptors (Lipinski definition) is 6. The second kappa shape index (κ2) is 7.61. The molecule has 1 aromatic carbocycles. The maximum Gasteiger partial charge on any atom is 0.416 e. The van der Waals surface area contributed by atoms with Gasteiger partial charge in [0.2, 0.25) is 5.28 Å². The van der Waals surface area contributed by atoms with Gasteiger partial charge in [-0.2, -0.15) is 28.2 Å². The number of halogens is 4. The molecular formula is C20H20ClF3N6O. The zero-order valence-corrected chi connectivity index (χ0v) is 17.4. The van der Waals surface area contributed by atoms with Crippen molar-refractivity contribution in [2.75, 3.05) is 37.7 Å². The van der Waals surface area contributed by atoms with Gasteiger partial charge in [0.25, 0.3) is 0 Å². The summed E-state index contributed by atoms with van der Waals surface area (Å²) in [5.41, 5.74) is -0.120. The lowest BCUT2D eigenvalue weighted by Crippen LogP contribution is -2.64. The van der Waals surface area contributed by atoms with Crippen LogP contribution in [0.3, 0.4) is 0 Å². The smallest absolute Gasteiger partial charge is 0.379 e. The van der Waals surface area contributed by atoms with Crippen molar-refractivity contribution in [3.8, 4) is 5.69 Å². The molecule has 0 aliphatic carbocycles. The van der Waals surface area contributed by atoms with Gasteiger partial charge in [-0.15, -0.1) is 0 Å². The average Bonchev–Trinajstić information content (AvgIpc) is 3.11. The van der Waals surface area contributed by atoms with Crippen LogP contribution < -0.4 is 4.90 Å². The molecule has 0 unspecified atom stereocenters. The maximum absolute atomic E-state index is 13.1. The number of benzene rings is 1. The lowest BCUT2D eigenvalue weighted by molar-refractivity contribution is -0.137. The molecular weight excluding hydrogens is 433 g/mol. The maximum atomic E-state index is 13.1. The summed E-state index contributed by atoms with van der Waals surface area (Å²) < 4.78 is 46.3. The number of ether oxygens (including phenoxy) is 1. The molecule has 2 aliphatic rings. The van der Waals surface area contributed by atoms with Crippen LogP contribution in [-0.4, -0.2) is 69.6 Å². The van der Waals surface area contributed by atoms with E-state index in [-0.39, 0.29) is 11.0 Å². The van der Waals surface area contributed by atoms with Crippen molar-refractivity contribution in [1.29, 1.82) is 0 Å². The second-order valence-corrected chi connectivity index (χ2v) is 8.22. The van der Waals surface area contributed by atoms with E-state index in [9.17, 15) is 13.2 Å². The van der Waals surface area contributed by atoms with E-state index in [1.165, 1.54) is 10.7 Å². The number of hydrogen-bond donors (Lipinski definition) is 0. The Bertz CT molecular complexity index is 1110. The highest BCUT2D eigenvalue weighted by molar-refractivity contribution is 6.28. The van der Waals surface area contributed by atoms with Crippen LogP contribution in [0, 0.1) is 0 Å². The van der Waals surface area contributed by atoms with Crippen LogP contribution in [-0.2, 0) is 10.9 Å². The van der Waals surface area contributed by atoms with Gasteiger partial charge in [0.1, 0.15) is 5.82 Å². The fourth-order valence-corrected chi connectivity index (χ4v) is 4.39. The molecule has 7 nitrogen and oxygen atoms in total. The highest BCUT2D eigenvalue weighted by Crippen LogP contribution is 2.33. The number of rotatable bonds is 3. The predicted molar refractivity (Wildman–Crippen MR) is 110 cm³/mol. The van der Waals surface area contributed by atoms with Gasteiger partial charge in [-0.05, 0) is 36.7 Å². The van der Waals surface area contributed by atoms with E-state index in [0.717, 1.165) is 45.0 Å². The Kier molecular flexibility index (Phi) is 5.03. The molecule has 2 aliphatic heterocycles. The monoisotopic (exact) mass is 452 g/mol. The number of fused-ring (bicyclic) bond motifs is 1.